The molecule has 22 heavy (non-hydrogen) atoms. The van der Waals surface area contributed by atoms with Gasteiger partial charge in [-0.25, -0.2) is 0 Å². The topological polar surface area (TPSA) is 73.5 Å². The molecule has 2 heterocycles. The van der Waals surface area contributed by atoms with E-state index in [0.29, 0.717) is 32.1 Å². The average Bonchev–Trinajstić information content (AvgIpc) is 2.98. The van der Waals surface area contributed by atoms with Crippen molar-refractivity contribution < 1.29 is 13.9 Å². The maximum Gasteiger partial charge on any atom is 0.286 e. The number of nitrogens with zero attached hydrogens (tertiary/aromatic N) is 1. The molecule has 0 aromatic carbocycles. The Morgan fingerprint density at radius 1 is 1.32 bits per heavy atom. The highest BCUT2D eigenvalue weighted by molar-refractivity contribution is 5.91. The van der Waals surface area contributed by atoms with Crippen LogP contribution in [0.15, 0.2) is 45.7 Å². The van der Waals surface area contributed by atoms with E-state index in [2.05, 4.69) is 5.32 Å². The van der Waals surface area contributed by atoms with E-state index in [1.54, 1.807) is 30.5 Å². The van der Waals surface area contributed by atoms with Crippen molar-refractivity contribution >= 4 is 5.91 Å². The van der Waals surface area contributed by atoms with Gasteiger partial charge < -0.3 is 19.0 Å². The molecule has 2 aromatic heterocycles. The first-order valence-corrected chi connectivity index (χ1v) is 7.31. The monoisotopic (exact) mass is 304 g/mol. The molecule has 118 valence electrons. The van der Waals surface area contributed by atoms with Crippen LogP contribution in [0.1, 0.15) is 29.7 Å². The highest BCUT2D eigenvalue weighted by Gasteiger charge is 2.11. The summed E-state index contributed by atoms with van der Waals surface area (Å²) in [6, 6.07) is 8.25. The van der Waals surface area contributed by atoms with Gasteiger partial charge in [-0.3, -0.25) is 9.59 Å². The number of rotatable bonds is 8. The van der Waals surface area contributed by atoms with Crippen LogP contribution in [0.3, 0.4) is 0 Å². The zero-order valence-electron chi connectivity index (χ0n) is 12.6. The SMILES string of the molecule is CCOCCCNC(=O)c1ccc(Cn2ccccc2=O)o1. The zero-order valence-corrected chi connectivity index (χ0v) is 12.6. The second kappa shape index (κ2) is 8.19. The molecule has 0 spiro atoms. The molecular formula is C16H20N2O4. The largest absolute Gasteiger partial charge is 0.454 e. The Morgan fingerprint density at radius 2 is 2.18 bits per heavy atom. The number of amides is 1. The minimum absolute atomic E-state index is 0.110. The van der Waals surface area contributed by atoms with Crippen molar-refractivity contribution in [1.82, 2.24) is 9.88 Å². The Hall–Kier alpha value is -2.34. The van der Waals surface area contributed by atoms with E-state index >= 15 is 0 Å². The second-order valence-corrected chi connectivity index (χ2v) is 4.74. The molecule has 0 aliphatic rings. The van der Waals surface area contributed by atoms with Crippen LogP contribution in [0.25, 0.3) is 0 Å². The van der Waals surface area contributed by atoms with Gasteiger partial charge in [-0.15, -0.1) is 0 Å². The fourth-order valence-corrected chi connectivity index (χ4v) is 1.95. The molecule has 0 atom stereocenters. The maximum atomic E-state index is 11.9. The van der Waals surface area contributed by atoms with Crippen LogP contribution in [-0.2, 0) is 11.3 Å². The highest BCUT2D eigenvalue weighted by Crippen LogP contribution is 2.09. The Labute approximate surface area is 128 Å². The summed E-state index contributed by atoms with van der Waals surface area (Å²) in [5.74, 6) is 0.548. The number of nitrogens with one attached hydrogen (secondary N) is 1. The van der Waals surface area contributed by atoms with Crippen molar-refractivity contribution in [1.29, 1.82) is 0 Å². The molecule has 1 amide bonds. The molecule has 0 fully saturated rings. The molecule has 1 N–H and O–H groups in total. The lowest BCUT2D eigenvalue weighted by atomic mass is 10.3. The van der Waals surface area contributed by atoms with Crippen molar-refractivity contribution in [3.05, 3.63) is 58.4 Å². The van der Waals surface area contributed by atoms with Crippen molar-refractivity contribution in [2.24, 2.45) is 0 Å². The molecule has 2 rings (SSSR count). The number of carbonyl (C=O) groups excluding carboxylic acids is 1. The van der Waals surface area contributed by atoms with Gasteiger partial charge in [-0.05, 0) is 31.5 Å². The van der Waals surface area contributed by atoms with Crippen molar-refractivity contribution in [3.63, 3.8) is 0 Å². The van der Waals surface area contributed by atoms with E-state index in [0.717, 1.165) is 6.42 Å². The zero-order chi connectivity index (χ0) is 15.8. The summed E-state index contributed by atoms with van der Waals surface area (Å²) < 4.78 is 12.2. The normalized spacial score (nSPS) is 10.6. The minimum Gasteiger partial charge on any atom is -0.454 e. The van der Waals surface area contributed by atoms with Gasteiger partial charge in [0.15, 0.2) is 5.76 Å². The standard InChI is InChI=1S/C16H20N2O4/c1-2-21-11-5-9-17-16(20)14-8-7-13(22-14)12-18-10-4-3-6-15(18)19/h3-4,6-8,10H,2,5,9,11-12H2,1H3,(H,17,20). The van der Waals surface area contributed by atoms with Crippen molar-refractivity contribution in [2.75, 3.05) is 19.8 Å². The lowest BCUT2D eigenvalue weighted by Crippen LogP contribution is -2.24. The summed E-state index contributed by atoms with van der Waals surface area (Å²) in [4.78, 5) is 23.5. The first-order valence-electron chi connectivity index (χ1n) is 7.31. The van der Waals surface area contributed by atoms with E-state index in [1.165, 1.54) is 10.6 Å². The Bertz CT molecular complexity index is 660. The van der Waals surface area contributed by atoms with E-state index in [4.69, 9.17) is 9.15 Å². The maximum absolute atomic E-state index is 11.9. The first kappa shape index (κ1) is 16.0. The predicted molar refractivity (Wildman–Crippen MR) is 82.0 cm³/mol. The Balaban J connectivity index is 1.87. The van der Waals surface area contributed by atoms with Crippen LogP contribution in [0, 0.1) is 0 Å². The third kappa shape index (κ3) is 4.60. The third-order valence-electron chi connectivity index (χ3n) is 3.07. The smallest absolute Gasteiger partial charge is 0.286 e. The van der Waals surface area contributed by atoms with Crippen molar-refractivity contribution in [2.45, 2.75) is 19.9 Å². The molecule has 2 aromatic rings. The molecule has 6 nitrogen and oxygen atoms in total. The van der Waals surface area contributed by atoms with Gasteiger partial charge in [-0.2, -0.15) is 0 Å². The number of furan rings is 1. The number of hydrogen-bond acceptors (Lipinski definition) is 4. The summed E-state index contributed by atoms with van der Waals surface area (Å²) in [5, 5.41) is 2.77. The Morgan fingerprint density at radius 3 is 2.95 bits per heavy atom. The number of aromatic nitrogens is 1. The number of ether oxygens (including phenoxy) is 1. The average molecular weight is 304 g/mol. The van der Waals surface area contributed by atoms with Gasteiger partial charge in [0.1, 0.15) is 5.76 Å². The summed E-state index contributed by atoms with van der Waals surface area (Å²) in [6.07, 6.45) is 2.44. The minimum atomic E-state index is -0.261. The molecular weight excluding hydrogens is 284 g/mol. The highest BCUT2D eigenvalue weighted by atomic mass is 16.5. The summed E-state index contributed by atoms with van der Waals surface area (Å²) >= 11 is 0. The Kier molecular flexibility index (Phi) is 5.97. The number of hydrogen-bond donors (Lipinski definition) is 1. The fraction of sp³-hybridized carbons (Fsp3) is 0.375. The van der Waals surface area contributed by atoms with Crippen LogP contribution in [0.4, 0.5) is 0 Å². The van der Waals surface area contributed by atoms with Gasteiger partial charge in [0, 0.05) is 32.0 Å². The van der Waals surface area contributed by atoms with Crippen LogP contribution < -0.4 is 10.9 Å². The van der Waals surface area contributed by atoms with Gasteiger partial charge in [0.25, 0.3) is 11.5 Å². The van der Waals surface area contributed by atoms with Crippen molar-refractivity contribution in [3.8, 4) is 0 Å². The molecule has 0 saturated heterocycles. The molecule has 0 aliphatic heterocycles. The predicted octanol–water partition coefficient (Wildman–Crippen LogP) is 1.65. The lowest BCUT2D eigenvalue weighted by Gasteiger charge is -2.04. The number of pyridine rings is 1. The summed E-state index contributed by atoms with van der Waals surface area (Å²) in [5.41, 5.74) is -0.110. The van der Waals surface area contributed by atoms with Gasteiger partial charge >= 0.3 is 0 Å². The lowest BCUT2D eigenvalue weighted by molar-refractivity contribution is 0.0915. The number of carbonyl (C=O) groups is 1. The molecule has 0 radical (unpaired) electrons. The van der Waals surface area contributed by atoms with E-state index < -0.39 is 0 Å². The summed E-state index contributed by atoms with van der Waals surface area (Å²) in [7, 11) is 0. The quantitative estimate of drug-likeness (QED) is 0.753. The fourth-order valence-electron chi connectivity index (χ4n) is 1.95. The van der Waals surface area contributed by atoms with Crippen LogP contribution in [0.5, 0.6) is 0 Å². The second-order valence-electron chi connectivity index (χ2n) is 4.74. The summed E-state index contributed by atoms with van der Waals surface area (Å²) in [6.45, 7) is 4.07. The van der Waals surface area contributed by atoms with Crippen LogP contribution >= 0.6 is 0 Å². The third-order valence-corrected chi connectivity index (χ3v) is 3.07. The molecule has 0 bridgehead atoms. The van der Waals surface area contributed by atoms with Gasteiger partial charge in [0.05, 0.1) is 6.54 Å². The molecule has 0 unspecified atom stereocenters. The van der Waals surface area contributed by atoms with Gasteiger partial charge in [0.2, 0.25) is 0 Å². The van der Waals surface area contributed by atoms with Crippen LogP contribution in [-0.4, -0.2) is 30.2 Å². The van der Waals surface area contributed by atoms with Crippen LogP contribution in [0.2, 0.25) is 0 Å². The van der Waals surface area contributed by atoms with E-state index in [-0.39, 0.29) is 17.2 Å². The van der Waals surface area contributed by atoms with E-state index in [9.17, 15) is 9.59 Å². The molecule has 0 aliphatic carbocycles. The first-order chi connectivity index (χ1) is 10.7. The van der Waals surface area contributed by atoms with E-state index in [1.807, 2.05) is 6.92 Å². The van der Waals surface area contributed by atoms with Gasteiger partial charge in [-0.1, -0.05) is 6.07 Å². The molecule has 6 heteroatoms. The molecule has 0 saturated carbocycles.